The molecule has 3 heterocycles. The Morgan fingerprint density at radius 1 is 1.31 bits per heavy atom. The van der Waals surface area contributed by atoms with Crippen molar-refractivity contribution in [2.45, 2.75) is 50.2 Å². The van der Waals surface area contributed by atoms with Crippen LogP contribution in [0.15, 0.2) is 10.6 Å². The lowest BCUT2D eigenvalue weighted by Gasteiger charge is -2.38. The Kier molecular flexibility index (Phi) is 4.60. The van der Waals surface area contributed by atoms with Crippen molar-refractivity contribution in [1.82, 2.24) is 15.4 Å². The molecule has 1 spiro atoms. The van der Waals surface area contributed by atoms with Crippen molar-refractivity contribution in [3.63, 3.8) is 0 Å². The normalized spacial score (nSPS) is 24.7. The van der Waals surface area contributed by atoms with Crippen LogP contribution >= 0.6 is 0 Å². The lowest BCUT2D eigenvalue weighted by molar-refractivity contribution is -0.140. The first-order valence-electron chi connectivity index (χ1n) is 9.34. The van der Waals surface area contributed by atoms with Crippen LogP contribution < -0.4 is 10.1 Å². The van der Waals surface area contributed by atoms with Gasteiger partial charge in [0.1, 0.15) is 6.10 Å². The van der Waals surface area contributed by atoms with Crippen molar-refractivity contribution in [3.8, 4) is 5.88 Å². The molecule has 3 fully saturated rings. The summed E-state index contributed by atoms with van der Waals surface area (Å²) < 4.78 is 16.1. The summed E-state index contributed by atoms with van der Waals surface area (Å²) in [5.74, 6) is 0.968. The van der Waals surface area contributed by atoms with E-state index in [1.54, 1.807) is 4.90 Å². The Labute approximate surface area is 152 Å². The Bertz CT molecular complexity index is 676. The zero-order valence-electron chi connectivity index (χ0n) is 15.0. The summed E-state index contributed by atoms with van der Waals surface area (Å²) in [7, 11) is 1.48. The average Bonchev–Trinajstić information content (AvgIpc) is 3.21. The van der Waals surface area contributed by atoms with E-state index in [-0.39, 0.29) is 29.3 Å². The summed E-state index contributed by atoms with van der Waals surface area (Å²) in [5.41, 5.74) is -0.280. The quantitative estimate of drug-likeness (QED) is 0.849. The highest BCUT2D eigenvalue weighted by Gasteiger charge is 2.45. The van der Waals surface area contributed by atoms with E-state index in [1.165, 1.54) is 26.0 Å². The van der Waals surface area contributed by atoms with Crippen LogP contribution in [0.2, 0.25) is 0 Å². The second-order valence-electron chi connectivity index (χ2n) is 7.54. The molecule has 2 amide bonds. The van der Waals surface area contributed by atoms with Crippen LogP contribution in [0.3, 0.4) is 0 Å². The molecule has 1 aliphatic carbocycles. The standard InChI is InChI=1S/C18H25N3O5/c1-24-15-10-14(26-20-15)17(23)21-8-6-18(7-9-21)5-4-13(25-18)16(22)19-11-12-2-3-12/h10,12-13H,2-9,11H2,1H3,(H,19,22). The molecule has 1 N–H and O–H groups in total. The highest BCUT2D eigenvalue weighted by molar-refractivity contribution is 5.91. The lowest BCUT2D eigenvalue weighted by Crippen LogP contribution is -2.47. The zero-order chi connectivity index (χ0) is 18.1. The summed E-state index contributed by atoms with van der Waals surface area (Å²) in [6.45, 7) is 1.94. The van der Waals surface area contributed by atoms with Crippen LogP contribution in [-0.4, -0.2) is 60.3 Å². The molecule has 0 radical (unpaired) electrons. The second-order valence-corrected chi connectivity index (χ2v) is 7.54. The van der Waals surface area contributed by atoms with E-state index in [4.69, 9.17) is 14.0 Å². The van der Waals surface area contributed by atoms with E-state index in [1.807, 2.05) is 0 Å². The fraction of sp³-hybridized carbons (Fsp3) is 0.722. The lowest BCUT2D eigenvalue weighted by atomic mass is 9.88. The monoisotopic (exact) mass is 363 g/mol. The van der Waals surface area contributed by atoms with Gasteiger partial charge in [-0.3, -0.25) is 9.59 Å². The Morgan fingerprint density at radius 3 is 2.73 bits per heavy atom. The number of carbonyl (C=O) groups excluding carboxylic acids is 2. The van der Waals surface area contributed by atoms with Crippen molar-refractivity contribution >= 4 is 11.8 Å². The molecule has 2 saturated heterocycles. The van der Waals surface area contributed by atoms with Crippen LogP contribution in [0.1, 0.15) is 49.1 Å². The highest BCUT2D eigenvalue weighted by Crippen LogP contribution is 2.39. The molecule has 2 aliphatic heterocycles. The van der Waals surface area contributed by atoms with Gasteiger partial charge in [-0.2, -0.15) is 0 Å². The van der Waals surface area contributed by atoms with Crippen LogP contribution in [0.4, 0.5) is 0 Å². The minimum absolute atomic E-state index is 0.0148. The topological polar surface area (TPSA) is 93.9 Å². The Hall–Kier alpha value is -2.09. The molecule has 142 valence electrons. The highest BCUT2D eigenvalue weighted by atomic mass is 16.5. The van der Waals surface area contributed by atoms with Gasteiger partial charge in [-0.15, -0.1) is 0 Å². The molecule has 0 bridgehead atoms. The number of ether oxygens (including phenoxy) is 2. The predicted molar refractivity (Wildman–Crippen MR) is 90.8 cm³/mol. The molecular weight excluding hydrogens is 338 g/mol. The second kappa shape index (κ2) is 6.90. The van der Waals surface area contributed by atoms with Gasteiger partial charge in [0.2, 0.25) is 11.7 Å². The van der Waals surface area contributed by atoms with E-state index in [0.717, 1.165) is 32.2 Å². The van der Waals surface area contributed by atoms with Crippen molar-refractivity contribution in [2.75, 3.05) is 26.7 Å². The van der Waals surface area contributed by atoms with E-state index >= 15 is 0 Å². The van der Waals surface area contributed by atoms with Crippen molar-refractivity contribution in [1.29, 1.82) is 0 Å². The summed E-state index contributed by atoms with van der Waals surface area (Å²) in [6, 6.07) is 1.50. The summed E-state index contributed by atoms with van der Waals surface area (Å²) >= 11 is 0. The Balaban J connectivity index is 1.28. The molecule has 4 rings (SSSR count). The van der Waals surface area contributed by atoms with Crippen molar-refractivity contribution in [3.05, 3.63) is 11.8 Å². The largest absolute Gasteiger partial charge is 0.479 e. The predicted octanol–water partition coefficient (Wildman–Crippen LogP) is 1.36. The van der Waals surface area contributed by atoms with E-state index < -0.39 is 0 Å². The van der Waals surface area contributed by atoms with Crippen molar-refractivity contribution < 1.29 is 23.6 Å². The van der Waals surface area contributed by atoms with Crippen LogP contribution in [0.25, 0.3) is 0 Å². The molecular formula is C18H25N3O5. The van der Waals surface area contributed by atoms with Crippen molar-refractivity contribution in [2.24, 2.45) is 5.92 Å². The number of methoxy groups -OCH3 is 1. The van der Waals surface area contributed by atoms with Gasteiger partial charge in [-0.1, -0.05) is 0 Å². The Morgan fingerprint density at radius 2 is 2.08 bits per heavy atom. The molecule has 1 unspecified atom stereocenters. The third-order valence-electron chi connectivity index (χ3n) is 5.68. The minimum Gasteiger partial charge on any atom is -0.479 e. The SMILES string of the molecule is COc1cc(C(=O)N2CCC3(CCC(C(=O)NCC4CC4)O3)CC2)on1. The zero-order valence-corrected chi connectivity index (χ0v) is 15.0. The molecule has 26 heavy (non-hydrogen) atoms. The van der Waals surface area contributed by atoms with E-state index in [0.29, 0.717) is 24.9 Å². The number of hydrogen-bond donors (Lipinski definition) is 1. The van der Waals surface area contributed by atoms with E-state index in [9.17, 15) is 9.59 Å². The number of carbonyl (C=O) groups is 2. The third kappa shape index (κ3) is 3.56. The number of nitrogens with one attached hydrogen (secondary N) is 1. The van der Waals surface area contributed by atoms with Gasteiger partial charge in [0.25, 0.3) is 11.8 Å². The summed E-state index contributed by atoms with van der Waals surface area (Å²) in [6.07, 6.45) is 5.17. The molecule has 1 aromatic rings. The number of aromatic nitrogens is 1. The number of piperidine rings is 1. The van der Waals surface area contributed by atoms with Crippen LogP contribution in [-0.2, 0) is 9.53 Å². The maximum absolute atomic E-state index is 12.5. The first kappa shape index (κ1) is 17.3. The number of amides is 2. The first-order valence-corrected chi connectivity index (χ1v) is 9.34. The van der Waals surface area contributed by atoms with E-state index in [2.05, 4.69) is 10.5 Å². The minimum atomic E-state index is -0.352. The van der Waals surface area contributed by atoms with Crippen LogP contribution in [0.5, 0.6) is 5.88 Å². The van der Waals surface area contributed by atoms with Gasteiger partial charge in [0.15, 0.2) is 0 Å². The fourth-order valence-electron chi connectivity index (χ4n) is 3.78. The number of likely N-dealkylation sites (tertiary alicyclic amines) is 1. The van der Waals surface area contributed by atoms with Gasteiger partial charge < -0.3 is 24.2 Å². The molecule has 0 aromatic carbocycles. The molecule has 1 aromatic heterocycles. The number of hydrogen-bond acceptors (Lipinski definition) is 6. The maximum Gasteiger partial charge on any atom is 0.292 e. The summed E-state index contributed by atoms with van der Waals surface area (Å²) in [4.78, 5) is 26.5. The third-order valence-corrected chi connectivity index (χ3v) is 5.68. The summed E-state index contributed by atoms with van der Waals surface area (Å²) in [5, 5.41) is 6.68. The molecule has 1 saturated carbocycles. The van der Waals surface area contributed by atoms with Gasteiger partial charge in [0, 0.05) is 19.6 Å². The average molecular weight is 363 g/mol. The number of rotatable bonds is 5. The first-order chi connectivity index (χ1) is 12.6. The fourth-order valence-corrected chi connectivity index (χ4v) is 3.78. The molecule has 8 nitrogen and oxygen atoms in total. The van der Waals surface area contributed by atoms with Gasteiger partial charge in [-0.25, -0.2) is 0 Å². The molecule has 1 atom stereocenters. The van der Waals surface area contributed by atoms with Crippen LogP contribution in [0, 0.1) is 5.92 Å². The number of nitrogens with zero attached hydrogens (tertiary/aromatic N) is 2. The van der Waals surface area contributed by atoms with Gasteiger partial charge in [-0.05, 0) is 49.6 Å². The molecule has 8 heteroatoms. The maximum atomic E-state index is 12.5. The smallest absolute Gasteiger partial charge is 0.292 e. The van der Waals surface area contributed by atoms with Gasteiger partial charge in [0.05, 0.1) is 18.8 Å². The molecule has 3 aliphatic rings. The van der Waals surface area contributed by atoms with Gasteiger partial charge >= 0.3 is 0 Å².